The third-order valence-electron chi connectivity index (χ3n) is 4.20. The van der Waals surface area contributed by atoms with Gasteiger partial charge in [-0.3, -0.25) is 25.0 Å². The van der Waals surface area contributed by atoms with Gasteiger partial charge < -0.3 is 10.6 Å². The molecule has 1 aromatic carbocycles. The minimum atomic E-state index is -0.476. The van der Waals surface area contributed by atoms with E-state index in [1.165, 1.54) is 29.2 Å². The number of anilines is 2. The van der Waals surface area contributed by atoms with Gasteiger partial charge in [0.2, 0.25) is 5.91 Å². The molecule has 2 amide bonds. The molecule has 0 aliphatic carbocycles. The summed E-state index contributed by atoms with van der Waals surface area (Å²) in [7, 11) is 0. The standard InChI is InChI=1S/C17H19N5O4S2/c1-10-16(27-9-14(18)23)28-17(19-10)20-15(24)11-4-5-12(13(8-11)22(25)26)21-6-2-3-7-21/h4-5,8H,2-3,6-7,9H2,1H3,(H2,18,23)(H,19,20,24). The topological polar surface area (TPSA) is 131 Å². The number of thioether (sulfide) groups is 1. The molecule has 0 unspecified atom stereocenters. The Labute approximate surface area is 169 Å². The van der Waals surface area contributed by atoms with Crippen molar-refractivity contribution in [2.45, 2.75) is 24.0 Å². The van der Waals surface area contributed by atoms with Crippen molar-refractivity contribution in [1.29, 1.82) is 0 Å². The van der Waals surface area contributed by atoms with Crippen LogP contribution in [0, 0.1) is 17.0 Å². The highest BCUT2D eigenvalue weighted by atomic mass is 32.2. The van der Waals surface area contributed by atoms with Crippen LogP contribution in [0.5, 0.6) is 0 Å². The molecule has 2 aromatic rings. The molecule has 0 radical (unpaired) electrons. The summed E-state index contributed by atoms with van der Waals surface area (Å²) in [4.78, 5) is 40.7. The molecule has 1 aliphatic rings. The van der Waals surface area contributed by atoms with Crippen molar-refractivity contribution in [1.82, 2.24) is 4.98 Å². The summed E-state index contributed by atoms with van der Waals surface area (Å²) in [5, 5.41) is 14.5. The number of nitro benzene ring substituents is 1. The van der Waals surface area contributed by atoms with Crippen LogP contribution in [0.25, 0.3) is 0 Å². The Kier molecular flexibility index (Phi) is 6.15. The molecule has 0 saturated carbocycles. The number of carbonyl (C=O) groups is 2. The van der Waals surface area contributed by atoms with Crippen LogP contribution in [0.3, 0.4) is 0 Å². The number of aromatic nitrogens is 1. The van der Waals surface area contributed by atoms with Gasteiger partial charge in [0.1, 0.15) is 5.69 Å². The zero-order valence-corrected chi connectivity index (χ0v) is 16.8. The van der Waals surface area contributed by atoms with E-state index >= 15 is 0 Å². The van der Waals surface area contributed by atoms with Crippen LogP contribution < -0.4 is 16.0 Å². The highest BCUT2D eigenvalue weighted by Gasteiger charge is 2.24. The second kappa shape index (κ2) is 8.57. The second-order valence-electron chi connectivity index (χ2n) is 6.26. The number of hydrogen-bond acceptors (Lipinski definition) is 8. The quantitative estimate of drug-likeness (QED) is 0.399. The number of thiazole rings is 1. The first-order chi connectivity index (χ1) is 13.3. The lowest BCUT2D eigenvalue weighted by Crippen LogP contribution is -2.19. The van der Waals surface area contributed by atoms with Crippen LogP contribution in [-0.2, 0) is 4.79 Å². The molecular formula is C17H19N5O4S2. The number of rotatable bonds is 7. The summed E-state index contributed by atoms with van der Waals surface area (Å²) < 4.78 is 0.782. The third-order valence-corrected chi connectivity index (χ3v) is 6.66. The molecule has 0 bridgehead atoms. The van der Waals surface area contributed by atoms with Gasteiger partial charge in [-0.05, 0) is 31.9 Å². The summed E-state index contributed by atoms with van der Waals surface area (Å²) in [5.41, 5.74) is 6.47. The predicted octanol–water partition coefficient (Wildman–Crippen LogP) is 2.79. The fourth-order valence-corrected chi connectivity index (χ4v) is 4.78. The summed E-state index contributed by atoms with van der Waals surface area (Å²) in [5.74, 6) is -0.786. The highest BCUT2D eigenvalue weighted by Crippen LogP contribution is 2.34. The first-order valence-electron chi connectivity index (χ1n) is 8.58. The van der Waals surface area contributed by atoms with Gasteiger partial charge in [-0.2, -0.15) is 0 Å². The minimum absolute atomic E-state index is 0.0810. The fraction of sp³-hybridized carbons (Fsp3) is 0.353. The lowest BCUT2D eigenvalue weighted by Gasteiger charge is -2.17. The zero-order chi connectivity index (χ0) is 20.3. The Hall–Kier alpha value is -2.66. The number of nitro groups is 1. The lowest BCUT2D eigenvalue weighted by molar-refractivity contribution is -0.384. The van der Waals surface area contributed by atoms with E-state index in [1.807, 2.05) is 4.90 Å². The van der Waals surface area contributed by atoms with Crippen LogP contribution in [0.1, 0.15) is 28.9 Å². The molecule has 0 spiro atoms. The van der Waals surface area contributed by atoms with Crippen LogP contribution in [-0.4, -0.2) is 40.6 Å². The van der Waals surface area contributed by atoms with Gasteiger partial charge in [-0.25, -0.2) is 4.98 Å². The summed E-state index contributed by atoms with van der Waals surface area (Å²) in [6.45, 7) is 3.32. The number of nitrogens with one attached hydrogen (secondary N) is 1. The first kappa shape index (κ1) is 20.1. The van der Waals surface area contributed by atoms with Crippen LogP contribution in [0.4, 0.5) is 16.5 Å². The normalized spacial score (nSPS) is 13.5. The molecule has 148 valence electrons. The Morgan fingerprint density at radius 1 is 1.39 bits per heavy atom. The van der Waals surface area contributed by atoms with E-state index in [0.717, 1.165) is 30.1 Å². The van der Waals surface area contributed by atoms with Crippen molar-refractivity contribution >= 4 is 51.4 Å². The molecule has 28 heavy (non-hydrogen) atoms. The Bertz CT molecular complexity index is 924. The van der Waals surface area contributed by atoms with Gasteiger partial charge in [0.05, 0.1) is 20.6 Å². The lowest BCUT2D eigenvalue weighted by atomic mass is 10.1. The number of benzene rings is 1. The van der Waals surface area contributed by atoms with Crippen LogP contribution in [0.15, 0.2) is 22.4 Å². The van der Waals surface area contributed by atoms with E-state index in [9.17, 15) is 19.7 Å². The first-order valence-corrected chi connectivity index (χ1v) is 10.4. The third kappa shape index (κ3) is 4.60. The van der Waals surface area contributed by atoms with Crippen LogP contribution >= 0.6 is 23.1 Å². The smallest absolute Gasteiger partial charge is 0.293 e. The number of amides is 2. The molecule has 1 fully saturated rings. The monoisotopic (exact) mass is 421 g/mol. The summed E-state index contributed by atoms with van der Waals surface area (Å²) in [6.07, 6.45) is 2.00. The van der Waals surface area contributed by atoms with Gasteiger partial charge >= 0.3 is 0 Å². The largest absolute Gasteiger partial charge is 0.369 e. The van der Waals surface area contributed by atoms with Crippen molar-refractivity contribution in [3.63, 3.8) is 0 Å². The van der Waals surface area contributed by atoms with Gasteiger partial charge in [0.25, 0.3) is 11.6 Å². The molecule has 3 N–H and O–H groups in total. The fourth-order valence-electron chi connectivity index (χ4n) is 2.91. The molecule has 11 heteroatoms. The SMILES string of the molecule is Cc1nc(NC(=O)c2ccc(N3CCCC3)c([N+](=O)[O-])c2)sc1SCC(N)=O. The average Bonchev–Trinajstić information content (AvgIpc) is 3.29. The molecule has 1 aromatic heterocycles. The number of primary amides is 1. The van der Waals surface area contributed by atoms with Crippen molar-refractivity contribution in [2.75, 3.05) is 29.1 Å². The van der Waals surface area contributed by atoms with E-state index in [-0.39, 0.29) is 17.0 Å². The average molecular weight is 422 g/mol. The second-order valence-corrected chi connectivity index (χ2v) is 8.50. The minimum Gasteiger partial charge on any atom is -0.369 e. The number of nitrogens with zero attached hydrogens (tertiary/aromatic N) is 3. The van der Waals surface area contributed by atoms with E-state index in [0.29, 0.717) is 16.5 Å². The molecule has 1 aliphatic heterocycles. The molecule has 0 atom stereocenters. The molecule has 2 heterocycles. The molecule has 1 saturated heterocycles. The molecular weight excluding hydrogens is 402 g/mol. The maximum atomic E-state index is 12.5. The Morgan fingerprint density at radius 3 is 2.75 bits per heavy atom. The maximum absolute atomic E-state index is 12.5. The summed E-state index contributed by atoms with van der Waals surface area (Å²) in [6, 6.07) is 4.50. The van der Waals surface area contributed by atoms with E-state index < -0.39 is 16.7 Å². The van der Waals surface area contributed by atoms with E-state index in [1.54, 1.807) is 19.1 Å². The Balaban J connectivity index is 1.77. The van der Waals surface area contributed by atoms with Crippen molar-refractivity contribution < 1.29 is 14.5 Å². The van der Waals surface area contributed by atoms with Crippen molar-refractivity contribution in [2.24, 2.45) is 5.73 Å². The number of aryl methyl sites for hydroxylation is 1. The maximum Gasteiger partial charge on any atom is 0.293 e. The number of nitrogens with two attached hydrogens (primary N) is 1. The highest BCUT2D eigenvalue weighted by molar-refractivity contribution is 8.01. The molecule has 3 rings (SSSR count). The number of carbonyl (C=O) groups excluding carboxylic acids is 2. The van der Waals surface area contributed by atoms with Gasteiger partial charge in [-0.15, -0.1) is 11.8 Å². The number of hydrogen-bond donors (Lipinski definition) is 2. The predicted molar refractivity (Wildman–Crippen MR) is 109 cm³/mol. The zero-order valence-electron chi connectivity index (χ0n) is 15.1. The van der Waals surface area contributed by atoms with Gasteiger partial charge in [0.15, 0.2) is 5.13 Å². The van der Waals surface area contributed by atoms with Crippen molar-refractivity contribution in [3.05, 3.63) is 39.6 Å². The van der Waals surface area contributed by atoms with E-state index in [2.05, 4.69) is 10.3 Å². The van der Waals surface area contributed by atoms with Crippen molar-refractivity contribution in [3.8, 4) is 0 Å². The Morgan fingerprint density at radius 2 is 2.11 bits per heavy atom. The molecule has 9 nitrogen and oxygen atoms in total. The van der Waals surface area contributed by atoms with Gasteiger partial charge in [-0.1, -0.05) is 11.3 Å². The van der Waals surface area contributed by atoms with Crippen LogP contribution in [0.2, 0.25) is 0 Å². The van der Waals surface area contributed by atoms with E-state index in [4.69, 9.17) is 5.73 Å². The summed E-state index contributed by atoms with van der Waals surface area (Å²) >= 11 is 2.49. The van der Waals surface area contributed by atoms with Gasteiger partial charge in [0, 0.05) is 24.7 Å².